The molecule has 0 fully saturated rings. The molecule has 2 N–H and O–H groups in total. The van der Waals surface area contributed by atoms with Gasteiger partial charge >= 0.3 is 0 Å². The standard InChI is InChI=1S/C19H16ClFN4OS/c1-10-14(8-9-15(22-3)16(10)20)23-17(11(2)26)19-25-24-18(27-19)12-4-6-13(21)7-5-12/h4-9,11,17,23,26H,1-2H3/t11-,17-/m1/s1. The smallest absolute Gasteiger partial charge is 0.205 e. The van der Waals surface area contributed by atoms with Gasteiger partial charge in [-0.2, -0.15) is 0 Å². The molecule has 3 rings (SSSR count). The summed E-state index contributed by atoms with van der Waals surface area (Å²) in [6.45, 7) is 10.6. The molecule has 27 heavy (non-hydrogen) atoms. The number of aromatic nitrogens is 2. The summed E-state index contributed by atoms with van der Waals surface area (Å²) in [6.07, 6.45) is -0.752. The van der Waals surface area contributed by atoms with Crippen LogP contribution in [-0.4, -0.2) is 21.4 Å². The Balaban J connectivity index is 1.90. The van der Waals surface area contributed by atoms with Crippen molar-refractivity contribution < 1.29 is 9.50 Å². The van der Waals surface area contributed by atoms with Crippen LogP contribution in [0.15, 0.2) is 36.4 Å². The number of rotatable bonds is 5. The lowest BCUT2D eigenvalue weighted by Gasteiger charge is -2.22. The first-order chi connectivity index (χ1) is 12.9. The van der Waals surface area contributed by atoms with Crippen LogP contribution in [-0.2, 0) is 0 Å². The van der Waals surface area contributed by atoms with Crippen molar-refractivity contribution in [2.24, 2.45) is 0 Å². The summed E-state index contributed by atoms with van der Waals surface area (Å²) >= 11 is 7.55. The number of hydrogen-bond acceptors (Lipinski definition) is 5. The van der Waals surface area contributed by atoms with Crippen LogP contribution in [0.2, 0.25) is 5.02 Å². The van der Waals surface area contributed by atoms with Crippen LogP contribution >= 0.6 is 22.9 Å². The zero-order valence-electron chi connectivity index (χ0n) is 14.6. The van der Waals surface area contributed by atoms with Crippen LogP contribution in [0, 0.1) is 19.3 Å². The van der Waals surface area contributed by atoms with E-state index in [4.69, 9.17) is 18.2 Å². The summed E-state index contributed by atoms with van der Waals surface area (Å²) < 4.78 is 13.1. The molecule has 2 atom stereocenters. The predicted molar refractivity (Wildman–Crippen MR) is 106 cm³/mol. The van der Waals surface area contributed by atoms with Crippen LogP contribution in [0.4, 0.5) is 15.8 Å². The van der Waals surface area contributed by atoms with Gasteiger partial charge in [-0.25, -0.2) is 9.24 Å². The first kappa shape index (κ1) is 19.2. The Labute approximate surface area is 165 Å². The Kier molecular flexibility index (Phi) is 5.71. The third-order valence-electron chi connectivity index (χ3n) is 4.08. The molecule has 2 aromatic carbocycles. The normalized spacial score (nSPS) is 13.0. The number of aliphatic hydroxyl groups is 1. The average molecular weight is 403 g/mol. The number of halogens is 2. The Morgan fingerprint density at radius 3 is 2.56 bits per heavy atom. The second-order valence-electron chi connectivity index (χ2n) is 6.00. The Morgan fingerprint density at radius 1 is 1.22 bits per heavy atom. The molecular formula is C19H16ClFN4OS. The van der Waals surface area contributed by atoms with Gasteiger partial charge in [-0.3, -0.25) is 0 Å². The predicted octanol–water partition coefficient (Wildman–Crippen LogP) is 5.39. The molecule has 0 bridgehead atoms. The summed E-state index contributed by atoms with van der Waals surface area (Å²) in [4.78, 5) is 3.38. The van der Waals surface area contributed by atoms with Crippen molar-refractivity contribution in [3.8, 4) is 10.6 Å². The van der Waals surface area contributed by atoms with Gasteiger partial charge in [0.25, 0.3) is 0 Å². The van der Waals surface area contributed by atoms with Crippen LogP contribution in [0.1, 0.15) is 23.5 Å². The number of benzene rings is 2. The molecule has 0 radical (unpaired) electrons. The molecule has 0 aliphatic heterocycles. The summed E-state index contributed by atoms with van der Waals surface area (Å²) in [6, 6.07) is 8.88. The largest absolute Gasteiger partial charge is 0.391 e. The summed E-state index contributed by atoms with van der Waals surface area (Å²) in [7, 11) is 0. The summed E-state index contributed by atoms with van der Waals surface area (Å²) in [5.74, 6) is -0.317. The average Bonchev–Trinajstić information content (AvgIpc) is 3.13. The van der Waals surface area contributed by atoms with Crippen LogP contribution in [0.25, 0.3) is 15.4 Å². The maximum atomic E-state index is 13.1. The van der Waals surface area contributed by atoms with Gasteiger partial charge in [0.05, 0.1) is 17.7 Å². The molecule has 0 unspecified atom stereocenters. The maximum Gasteiger partial charge on any atom is 0.205 e. The molecule has 0 aliphatic carbocycles. The molecule has 3 aromatic rings. The zero-order chi connectivity index (χ0) is 19.6. The molecule has 0 saturated carbocycles. The SMILES string of the molecule is [C-]#[N+]c1ccc(N[C@@H](c2nnc(-c3ccc(F)cc3)s2)[C@@H](C)O)c(C)c1Cl. The van der Waals surface area contributed by atoms with E-state index in [0.29, 0.717) is 26.4 Å². The third-order valence-corrected chi connectivity index (χ3v) is 5.61. The first-order valence-corrected chi connectivity index (χ1v) is 9.30. The molecule has 138 valence electrons. The second kappa shape index (κ2) is 8.01. The number of anilines is 1. The number of aliphatic hydroxyl groups excluding tert-OH is 1. The van der Waals surface area contributed by atoms with Gasteiger partial charge in [0.1, 0.15) is 21.9 Å². The van der Waals surface area contributed by atoms with Gasteiger partial charge in [-0.05, 0) is 49.7 Å². The van der Waals surface area contributed by atoms with Gasteiger partial charge in [-0.1, -0.05) is 29.0 Å². The van der Waals surface area contributed by atoms with Crippen molar-refractivity contribution >= 4 is 34.3 Å². The number of hydrogen-bond donors (Lipinski definition) is 2. The lowest BCUT2D eigenvalue weighted by Crippen LogP contribution is -2.23. The highest BCUT2D eigenvalue weighted by Gasteiger charge is 2.23. The Hall–Kier alpha value is -2.53. The van der Waals surface area contributed by atoms with Gasteiger partial charge < -0.3 is 10.4 Å². The molecule has 8 heteroatoms. The minimum absolute atomic E-state index is 0.317. The van der Waals surface area contributed by atoms with Crippen LogP contribution < -0.4 is 5.32 Å². The van der Waals surface area contributed by atoms with Crippen LogP contribution in [0.3, 0.4) is 0 Å². The van der Waals surface area contributed by atoms with Crippen LogP contribution in [0.5, 0.6) is 0 Å². The lowest BCUT2D eigenvalue weighted by atomic mass is 10.1. The molecule has 0 spiro atoms. The number of nitrogens with zero attached hydrogens (tertiary/aromatic N) is 3. The molecule has 0 saturated heterocycles. The van der Waals surface area contributed by atoms with E-state index in [1.807, 2.05) is 6.92 Å². The monoisotopic (exact) mass is 402 g/mol. The quantitative estimate of drug-likeness (QED) is 0.561. The van der Waals surface area contributed by atoms with E-state index >= 15 is 0 Å². The van der Waals surface area contributed by atoms with Gasteiger partial charge in [-0.15, -0.1) is 10.2 Å². The Morgan fingerprint density at radius 2 is 1.93 bits per heavy atom. The fraction of sp³-hybridized carbons (Fsp3) is 0.211. The summed E-state index contributed by atoms with van der Waals surface area (Å²) in [5, 5.41) is 23.4. The van der Waals surface area contributed by atoms with E-state index in [0.717, 1.165) is 11.1 Å². The molecular weight excluding hydrogens is 387 g/mol. The fourth-order valence-corrected chi connectivity index (χ4v) is 3.74. The lowest BCUT2D eigenvalue weighted by molar-refractivity contribution is 0.172. The first-order valence-electron chi connectivity index (χ1n) is 8.11. The van der Waals surface area contributed by atoms with Gasteiger partial charge in [0.15, 0.2) is 0 Å². The Bertz CT molecular complexity index is 998. The topological polar surface area (TPSA) is 62.4 Å². The van der Waals surface area contributed by atoms with Gasteiger partial charge in [0, 0.05) is 11.3 Å². The van der Waals surface area contributed by atoms with Crippen molar-refractivity contribution in [2.75, 3.05) is 5.32 Å². The van der Waals surface area contributed by atoms with E-state index in [2.05, 4.69) is 20.4 Å². The van der Waals surface area contributed by atoms with E-state index in [-0.39, 0.29) is 5.82 Å². The zero-order valence-corrected chi connectivity index (χ0v) is 16.1. The molecule has 5 nitrogen and oxygen atoms in total. The number of nitrogens with one attached hydrogen (secondary N) is 1. The van der Waals surface area contributed by atoms with Crippen molar-refractivity contribution in [3.05, 3.63) is 69.2 Å². The van der Waals surface area contributed by atoms with E-state index in [1.165, 1.54) is 23.5 Å². The van der Waals surface area contributed by atoms with Crippen molar-refractivity contribution in [3.63, 3.8) is 0 Å². The highest BCUT2D eigenvalue weighted by molar-refractivity contribution is 7.14. The minimum atomic E-state index is -0.752. The summed E-state index contributed by atoms with van der Waals surface area (Å²) in [5.41, 5.74) is 2.56. The molecule has 0 amide bonds. The van der Waals surface area contributed by atoms with Gasteiger partial charge in [0.2, 0.25) is 5.69 Å². The third kappa shape index (κ3) is 4.08. The molecule has 1 heterocycles. The van der Waals surface area contributed by atoms with Crippen molar-refractivity contribution in [2.45, 2.75) is 26.0 Å². The highest BCUT2D eigenvalue weighted by Crippen LogP contribution is 2.36. The second-order valence-corrected chi connectivity index (χ2v) is 7.39. The van der Waals surface area contributed by atoms with E-state index in [1.54, 1.807) is 31.2 Å². The van der Waals surface area contributed by atoms with E-state index < -0.39 is 12.1 Å². The van der Waals surface area contributed by atoms with E-state index in [9.17, 15) is 9.50 Å². The fourth-order valence-electron chi connectivity index (χ4n) is 2.54. The van der Waals surface area contributed by atoms with Crippen molar-refractivity contribution in [1.82, 2.24) is 10.2 Å². The highest BCUT2D eigenvalue weighted by atomic mass is 35.5. The molecule has 0 aliphatic rings. The minimum Gasteiger partial charge on any atom is -0.391 e. The molecule has 1 aromatic heterocycles. The van der Waals surface area contributed by atoms with Crippen molar-refractivity contribution in [1.29, 1.82) is 0 Å². The maximum absolute atomic E-state index is 13.1.